The Morgan fingerprint density at radius 1 is 1.32 bits per heavy atom. The average molecular weight is 423 g/mol. The van der Waals surface area contributed by atoms with Gasteiger partial charge in [-0.25, -0.2) is 9.67 Å². The highest BCUT2D eigenvalue weighted by atomic mass is 16.5. The van der Waals surface area contributed by atoms with Gasteiger partial charge in [0.05, 0.1) is 35.6 Å². The van der Waals surface area contributed by atoms with Crippen LogP contribution in [-0.4, -0.2) is 53.1 Å². The van der Waals surface area contributed by atoms with Crippen LogP contribution in [-0.2, 0) is 9.47 Å². The second-order valence-corrected chi connectivity index (χ2v) is 8.16. The number of rotatable bonds is 9. The van der Waals surface area contributed by atoms with Crippen LogP contribution in [0.1, 0.15) is 49.5 Å². The van der Waals surface area contributed by atoms with Crippen molar-refractivity contribution in [1.29, 1.82) is 0 Å². The number of aromatic nitrogens is 3. The Kier molecular flexibility index (Phi) is 6.94. The largest absolute Gasteiger partial charge is 0.379 e. The van der Waals surface area contributed by atoms with Crippen molar-refractivity contribution < 1.29 is 14.3 Å². The van der Waals surface area contributed by atoms with Gasteiger partial charge in [0, 0.05) is 31.4 Å². The Morgan fingerprint density at radius 2 is 2.16 bits per heavy atom. The lowest BCUT2D eigenvalue weighted by molar-refractivity contribution is 0.0166. The van der Waals surface area contributed by atoms with Crippen LogP contribution >= 0.6 is 0 Å². The Bertz CT molecular complexity index is 1010. The predicted octanol–water partition coefficient (Wildman–Crippen LogP) is 3.99. The summed E-state index contributed by atoms with van der Waals surface area (Å²) in [6, 6.07) is 11.9. The van der Waals surface area contributed by atoms with Crippen molar-refractivity contribution in [3.63, 3.8) is 0 Å². The Balaban J connectivity index is 1.45. The van der Waals surface area contributed by atoms with Crippen LogP contribution in [0.4, 0.5) is 0 Å². The highest BCUT2D eigenvalue weighted by Gasteiger charge is 2.18. The van der Waals surface area contributed by atoms with E-state index in [2.05, 4.69) is 24.3 Å². The van der Waals surface area contributed by atoms with E-state index in [9.17, 15) is 4.79 Å². The van der Waals surface area contributed by atoms with Crippen LogP contribution in [0, 0.1) is 0 Å². The minimum atomic E-state index is -0.119. The van der Waals surface area contributed by atoms with Gasteiger partial charge in [0.15, 0.2) is 5.65 Å². The SMILES string of the molecule is CC(C)n1ncc2c(C(=O)NCCCOCC3CCCO3)cc(-c3ccccc3)nc21. The molecule has 1 fully saturated rings. The monoisotopic (exact) mass is 422 g/mol. The van der Waals surface area contributed by atoms with Crippen molar-refractivity contribution in [2.75, 3.05) is 26.4 Å². The summed E-state index contributed by atoms with van der Waals surface area (Å²) in [5.74, 6) is -0.119. The summed E-state index contributed by atoms with van der Waals surface area (Å²) in [6.07, 6.45) is 4.90. The lowest BCUT2D eigenvalue weighted by Crippen LogP contribution is -2.26. The molecule has 1 atom stereocenters. The first kappa shape index (κ1) is 21.5. The van der Waals surface area contributed by atoms with Crippen LogP contribution in [0.3, 0.4) is 0 Å². The van der Waals surface area contributed by atoms with E-state index in [1.165, 1.54) is 0 Å². The van der Waals surface area contributed by atoms with Gasteiger partial charge in [-0.2, -0.15) is 5.10 Å². The number of amides is 1. The third kappa shape index (κ3) is 5.11. The van der Waals surface area contributed by atoms with Gasteiger partial charge in [0.2, 0.25) is 0 Å². The maximum Gasteiger partial charge on any atom is 0.252 e. The number of fused-ring (bicyclic) bond motifs is 1. The predicted molar refractivity (Wildman–Crippen MR) is 120 cm³/mol. The molecule has 3 aromatic rings. The minimum Gasteiger partial charge on any atom is -0.379 e. The summed E-state index contributed by atoms with van der Waals surface area (Å²) in [6.45, 7) is 6.73. The van der Waals surface area contributed by atoms with E-state index < -0.39 is 0 Å². The van der Waals surface area contributed by atoms with Gasteiger partial charge in [-0.15, -0.1) is 0 Å². The van der Waals surface area contributed by atoms with Crippen LogP contribution in [0.2, 0.25) is 0 Å². The second-order valence-electron chi connectivity index (χ2n) is 8.16. The fourth-order valence-electron chi connectivity index (χ4n) is 3.80. The second kappa shape index (κ2) is 10.0. The molecule has 1 aromatic carbocycles. The molecule has 0 aliphatic carbocycles. The molecule has 1 saturated heterocycles. The van der Waals surface area contributed by atoms with E-state index in [-0.39, 0.29) is 18.1 Å². The number of nitrogens with one attached hydrogen (secondary N) is 1. The zero-order chi connectivity index (χ0) is 21.6. The molecular weight excluding hydrogens is 392 g/mol. The zero-order valence-corrected chi connectivity index (χ0v) is 18.2. The minimum absolute atomic E-state index is 0.119. The van der Waals surface area contributed by atoms with Crippen molar-refractivity contribution in [2.45, 2.75) is 45.3 Å². The van der Waals surface area contributed by atoms with Gasteiger partial charge < -0.3 is 14.8 Å². The number of carbonyl (C=O) groups is 1. The molecule has 1 N–H and O–H groups in total. The maximum absolute atomic E-state index is 13.0. The lowest BCUT2D eigenvalue weighted by atomic mass is 10.1. The summed E-state index contributed by atoms with van der Waals surface area (Å²) in [7, 11) is 0. The summed E-state index contributed by atoms with van der Waals surface area (Å²) in [4.78, 5) is 17.8. The smallest absolute Gasteiger partial charge is 0.252 e. The lowest BCUT2D eigenvalue weighted by Gasteiger charge is -2.12. The quantitative estimate of drug-likeness (QED) is 0.528. The molecule has 1 aliphatic heterocycles. The average Bonchev–Trinajstić information content (AvgIpc) is 3.45. The number of benzene rings is 1. The number of hydrogen-bond donors (Lipinski definition) is 1. The summed E-state index contributed by atoms with van der Waals surface area (Å²) in [5.41, 5.74) is 3.05. The Morgan fingerprint density at radius 3 is 2.90 bits per heavy atom. The Hall–Kier alpha value is -2.77. The first-order chi connectivity index (χ1) is 15.1. The van der Waals surface area contributed by atoms with Crippen molar-refractivity contribution in [1.82, 2.24) is 20.1 Å². The summed E-state index contributed by atoms with van der Waals surface area (Å²) < 4.78 is 13.1. The molecule has 0 spiro atoms. The zero-order valence-electron chi connectivity index (χ0n) is 18.2. The van der Waals surface area contributed by atoms with Crippen molar-refractivity contribution in [2.24, 2.45) is 0 Å². The highest BCUT2D eigenvalue weighted by Crippen LogP contribution is 2.26. The van der Waals surface area contributed by atoms with E-state index in [0.717, 1.165) is 48.2 Å². The van der Waals surface area contributed by atoms with Crippen LogP contribution in [0.15, 0.2) is 42.6 Å². The fraction of sp³-hybridized carbons (Fsp3) is 0.458. The summed E-state index contributed by atoms with van der Waals surface area (Å²) >= 11 is 0. The van der Waals surface area contributed by atoms with Gasteiger partial charge in [-0.05, 0) is 39.2 Å². The number of pyridine rings is 1. The molecule has 0 bridgehead atoms. The molecule has 0 radical (unpaired) electrons. The molecule has 31 heavy (non-hydrogen) atoms. The van der Waals surface area contributed by atoms with Crippen molar-refractivity contribution in [3.05, 3.63) is 48.2 Å². The number of ether oxygens (including phenoxy) is 2. The van der Waals surface area contributed by atoms with Gasteiger partial charge in [0.25, 0.3) is 5.91 Å². The standard InChI is InChI=1S/C24H30N4O3/c1-17(2)28-23-21(15-26-28)20(14-22(27-23)18-8-4-3-5-9-18)24(29)25-11-7-12-30-16-19-10-6-13-31-19/h3-5,8-9,14-15,17,19H,6-7,10-13,16H2,1-2H3,(H,25,29). The maximum atomic E-state index is 13.0. The first-order valence-corrected chi connectivity index (χ1v) is 11.0. The molecule has 4 rings (SSSR count). The molecule has 7 nitrogen and oxygen atoms in total. The number of nitrogens with zero attached hydrogens (tertiary/aromatic N) is 3. The normalized spacial score (nSPS) is 16.3. The fourth-order valence-corrected chi connectivity index (χ4v) is 3.80. The first-order valence-electron chi connectivity index (χ1n) is 11.0. The molecule has 2 aromatic heterocycles. The van der Waals surface area contributed by atoms with E-state index in [1.807, 2.05) is 41.1 Å². The van der Waals surface area contributed by atoms with E-state index >= 15 is 0 Å². The molecule has 0 saturated carbocycles. The number of carbonyl (C=O) groups excluding carboxylic acids is 1. The van der Waals surface area contributed by atoms with Crippen LogP contribution in [0.5, 0.6) is 0 Å². The third-order valence-electron chi connectivity index (χ3n) is 5.45. The van der Waals surface area contributed by atoms with Crippen molar-refractivity contribution in [3.8, 4) is 11.3 Å². The third-order valence-corrected chi connectivity index (χ3v) is 5.45. The van der Waals surface area contributed by atoms with Gasteiger partial charge >= 0.3 is 0 Å². The van der Waals surface area contributed by atoms with Crippen LogP contribution in [0.25, 0.3) is 22.3 Å². The molecule has 1 unspecified atom stereocenters. The van der Waals surface area contributed by atoms with Gasteiger partial charge in [-0.3, -0.25) is 4.79 Å². The molecular formula is C24H30N4O3. The Labute approximate surface area is 182 Å². The molecule has 164 valence electrons. The highest BCUT2D eigenvalue weighted by molar-refractivity contribution is 6.06. The topological polar surface area (TPSA) is 78.3 Å². The number of hydrogen-bond acceptors (Lipinski definition) is 5. The van der Waals surface area contributed by atoms with E-state index in [4.69, 9.17) is 14.5 Å². The van der Waals surface area contributed by atoms with Gasteiger partial charge in [-0.1, -0.05) is 30.3 Å². The van der Waals surface area contributed by atoms with E-state index in [1.54, 1.807) is 6.20 Å². The molecule has 1 aliphatic rings. The van der Waals surface area contributed by atoms with E-state index in [0.29, 0.717) is 25.3 Å². The van der Waals surface area contributed by atoms with Crippen LogP contribution < -0.4 is 5.32 Å². The van der Waals surface area contributed by atoms with Crippen molar-refractivity contribution >= 4 is 16.9 Å². The molecule has 1 amide bonds. The molecule has 7 heteroatoms. The summed E-state index contributed by atoms with van der Waals surface area (Å²) in [5, 5.41) is 8.26. The molecule has 3 heterocycles. The van der Waals surface area contributed by atoms with Gasteiger partial charge in [0.1, 0.15) is 0 Å².